The van der Waals surface area contributed by atoms with Crippen molar-refractivity contribution in [1.29, 1.82) is 0 Å². The van der Waals surface area contributed by atoms with Crippen LogP contribution in [0, 0.1) is 0 Å². The van der Waals surface area contributed by atoms with Crippen LogP contribution in [-0.2, 0) is 0 Å². The van der Waals surface area contributed by atoms with Crippen LogP contribution in [0.25, 0.3) is 5.57 Å². The number of para-hydroxylation sites is 1. The van der Waals surface area contributed by atoms with E-state index in [1.165, 1.54) is 0 Å². The van der Waals surface area contributed by atoms with Gasteiger partial charge in [-0.1, -0.05) is 48.5 Å². The molecule has 2 aromatic carbocycles. The molecule has 0 aromatic heterocycles. The van der Waals surface area contributed by atoms with E-state index in [0.717, 1.165) is 22.4 Å². The van der Waals surface area contributed by atoms with Crippen molar-refractivity contribution >= 4 is 5.57 Å². The summed E-state index contributed by atoms with van der Waals surface area (Å²) in [6, 6.07) is 17.3. The zero-order chi connectivity index (χ0) is 11.7. The SMILES string of the molecule is OC1C(c2ccccc2)=COc2ccccc21. The first-order valence-electron chi connectivity index (χ1n) is 5.55. The molecule has 0 amide bonds. The molecular weight excluding hydrogens is 212 g/mol. The quantitative estimate of drug-likeness (QED) is 0.806. The second-order valence-corrected chi connectivity index (χ2v) is 4.00. The van der Waals surface area contributed by atoms with E-state index in [4.69, 9.17) is 4.74 Å². The molecule has 84 valence electrons. The van der Waals surface area contributed by atoms with Gasteiger partial charge in [-0.25, -0.2) is 0 Å². The van der Waals surface area contributed by atoms with Crippen LogP contribution in [0.2, 0.25) is 0 Å². The molecule has 0 aliphatic carbocycles. The first-order valence-corrected chi connectivity index (χ1v) is 5.55. The third-order valence-corrected chi connectivity index (χ3v) is 2.93. The van der Waals surface area contributed by atoms with E-state index < -0.39 is 6.10 Å². The highest BCUT2D eigenvalue weighted by atomic mass is 16.5. The lowest BCUT2D eigenvalue weighted by Crippen LogP contribution is -2.09. The molecule has 3 rings (SSSR count). The molecule has 2 nitrogen and oxygen atoms in total. The molecule has 2 heteroatoms. The van der Waals surface area contributed by atoms with Crippen LogP contribution in [-0.4, -0.2) is 5.11 Å². The van der Waals surface area contributed by atoms with Gasteiger partial charge < -0.3 is 9.84 Å². The van der Waals surface area contributed by atoms with Crippen molar-refractivity contribution in [2.24, 2.45) is 0 Å². The summed E-state index contributed by atoms with van der Waals surface area (Å²) < 4.78 is 5.54. The first kappa shape index (κ1) is 10.1. The molecule has 2 aromatic rings. The average molecular weight is 224 g/mol. The zero-order valence-electron chi connectivity index (χ0n) is 9.21. The van der Waals surface area contributed by atoms with E-state index in [9.17, 15) is 5.11 Å². The number of ether oxygens (including phenoxy) is 1. The van der Waals surface area contributed by atoms with Gasteiger partial charge in [0, 0.05) is 11.1 Å². The Morgan fingerprint density at radius 1 is 0.882 bits per heavy atom. The number of hydrogen-bond acceptors (Lipinski definition) is 2. The van der Waals surface area contributed by atoms with Crippen molar-refractivity contribution in [2.75, 3.05) is 0 Å². The maximum atomic E-state index is 10.3. The standard InChI is InChI=1S/C15H12O2/c16-15-12-8-4-5-9-14(12)17-10-13(15)11-6-2-1-3-7-11/h1-10,15-16H. The lowest BCUT2D eigenvalue weighted by molar-refractivity contribution is 0.224. The number of hydrogen-bond donors (Lipinski definition) is 1. The second kappa shape index (κ2) is 4.07. The van der Waals surface area contributed by atoms with E-state index in [1.54, 1.807) is 6.26 Å². The highest BCUT2D eigenvalue weighted by Crippen LogP contribution is 2.38. The van der Waals surface area contributed by atoms with Crippen molar-refractivity contribution in [3.05, 3.63) is 72.0 Å². The zero-order valence-corrected chi connectivity index (χ0v) is 9.21. The maximum absolute atomic E-state index is 10.3. The fraction of sp³-hybridized carbons (Fsp3) is 0.0667. The summed E-state index contributed by atoms with van der Waals surface area (Å²) in [5.41, 5.74) is 2.59. The average Bonchev–Trinajstić information content (AvgIpc) is 2.40. The molecule has 1 aliphatic rings. The molecule has 1 N–H and O–H groups in total. The smallest absolute Gasteiger partial charge is 0.132 e. The predicted octanol–water partition coefficient (Wildman–Crippen LogP) is 3.15. The maximum Gasteiger partial charge on any atom is 0.132 e. The molecule has 0 bridgehead atoms. The molecule has 0 radical (unpaired) electrons. The summed E-state index contributed by atoms with van der Waals surface area (Å²) in [7, 11) is 0. The molecule has 0 spiro atoms. The van der Waals surface area contributed by atoms with E-state index in [2.05, 4.69) is 0 Å². The van der Waals surface area contributed by atoms with Gasteiger partial charge in [-0.2, -0.15) is 0 Å². The number of aliphatic hydroxyl groups excluding tert-OH is 1. The first-order chi connectivity index (χ1) is 8.36. The van der Waals surface area contributed by atoms with Crippen LogP contribution in [0.4, 0.5) is 0 Å². The van der Waals surface area contributed by atoms with E-state index >= 15 is 0 Å². The lowest BCUT2D eigenvalue weighted by Gasteiger charge is -2.22. The summed E-state index contributed by atoms with van der Waals surface area (Å²) >= 11 is 0. The van der Waals surface area contributed by atoms with Crippen LogP contribution < -0.4 is 4.74 Å². The Labute approximate surface area is 99.8 Å². The van der Waals surface area contributed by atoms with Crippen LogP contribution >= 0.6 is 0 Å². The molecule has 1 heterocycles. The summed E-state index contributed by atoms with van der Waals surface area (Å²) in [4.78, 5) is 0. The van der Waals surface area contributed by atoms with Gasteiger partial charge in [-0.3, -0.25) is 0 Å². The van der Waals surface area contributed by atoms with Gasteiger partial charge in [0.25, 0.3) is 0 Å². The van der Waals surface area contributed by atoms with Crippen molar-refractivity contribution in [1.82, 2.24) is 0 Å². The van der Waals surface area contributed by atoms with Crippen molar-refractivity contribution in [3.8, 4) is 5.75 Å². The normalized spacial score (nSPS) is 17.9. The molecule has 17 heavy (non-hydrogen) atoms. The van der Waals surface area contributed by atoms with Gasteiger partial charge >= 0.3 is 0 Å². The molecule has 1 unspecified atom stereocenters. The van der Waals surface area contributed by atoms with E-state index in [0.29, 0.717) is 0 Å². The van der Waals surface area contributed by atoms with Gasteiger partial charge in [-0.15, -0.1) is 0 Å². The Hall–Kier alpha value is -2.06. The van der Waals surface area contributed by atoms with Gasteiger partial charge in [-0.05, 0) is 11.6 Å². The van der Waals surface area contributed by atoms with Gasteiger partial charge in [0.05, 0.1) is 6.26 Å². The van der Waals surface area contributed by atoms with Crippen molar-refractivity contribution < 1.29 is 9.84 Å². The predicted molar refractivity (Wildman–Crippen MR) is 66.4 cm³/mol. The van der Waals surface area contributed by atoms with Crippen LogP contribution in [0.1, 0.15) is 17.2 Å². The van der Waals surface area contributed by atoms with Crippen molar-refractivity contribution in [3.63, 3.8) is 0 Å². The highest BCUT2D eigenvalue weighted by Gasteiger charge is 2.23. The fourth-order valence-corrected chi connectivity index (χ4v) is 2.03. The van der Waals surface area contributed by atoms with Gasteiger partial charge in [0.15, 0.2) is 0 Å². The third-order valence-electron chi connectivity index (χ3n) is 2.93. The monoisotopic (exact) mass is 224 g/mol. The number of rotatable bonds is 1. The van der Waals surface area contributed by atoms with Crippen molar-refractivity contribution in [2.45, 2.75) is 6.10 Å². The molecule has 0 saturated heterocycles. The minimum Gasteiger partial charge on any atom is -0.464 e. The van der Waals surface area contributed by atoms with Crippen LogP contribution in [0.3, 0.4) is 0 Å². The highest BCUT2D eigenvalue weighted by molar-refractivity contribution is 5.72. The van der Waals surface area contributed by atoms with Crippen LogP contribution in [0.5, 0.6) is 5.75 Å². The summed E-state index contributed by atoms with van der Waals surface area (Å²) in [6.45, 7) is 0. The van der Waals surface area contributed by atoms with Crippen LogP contribution in [0.15, 0.2) is 60.9 Å². The molecular formula is C15H12O2. The number of aliphatic hydroxyl groups is 1. The van der Waals surface area contributed by atoms with Gasteiger partial charge in [0.1, 0.15) is 11.9 Å². The minimum atomic E-state index is -0.623. The Balaban J connectivity index is 2.04. The summed E-state index contributed by atoms with van der Waals surface area (Å²) in [5.74, 6) is 0.722. The molecule has 1 aliphatic heterocycles. The Bertz CT molecular complexity index is 558. The minimum absolute atomic E-state index is 0.623. The Morgan fingerprint density at radius 3 is 2.41 bits per heavy atom. The van der Waals surface area contributed by atoms with E-state index in [-0.39, 0.29) is 0 Å². The largest absolute Gasteiger partial charge is 0.464 e. The molecule has 1 atom stereocenters. The molecule has 0 fully saturated rings. The van der Waals surface area contributed by atoms with Gasteiger partial charge in [0.2, 0.25) is 0 Å². The Morgan fingerprint density at radius 2 is 1.59 bits per heavy atom. The third kappa shape index (κ3) is 1.73. The Kier molecular flexibility index (Phi) is 2.42. The fourth-order valence-electron chi connectivity index (χ4n) is 2.03. The number of benzene rings is 2. The summed E-state index contributed by atoms with van der Waals surface area (Å²) in [6.07, 6.45) is 1.00. The van der Waals surface area contributed by atoms with E-state index in [1.807, 2.05) is 54.6 Å². The second-order valence-electron chi connectivity index (χ2n) is 4.00. The summed E-state index contributed by atoms with van der Waals surface area (Å²) in [5, 5.41) is 10.3. The lowest BCUT2D eigenvalue weighted by atomic mass is 9.94. The topological polar surface area (TPSA) is 29.5 Å². The number of fused-ring (bicyclic) bond motifs is 1. The molecule has 0 saturated carbocycles.